The number of benzene rings is 1. The third kappa shape index (κ3) is 3.29. The topological polar surface area (TPSA) is 12.0 Å². The summed E-state index contributed by atoms with van der Waals surface area (Å²) in [5.74, 6) is 0. The van der Waals surface area contributed by atoms with Crippen molar-refractivity contribution in [3.63, 3.8) is 0 Å². The third-order valence-electron chi connectivity index (χ3n) is 3.71. The Hall–Kier alpha value is -0.400. The fourth-order valence-corrected chi connectivity index (χ4v) is 3.13. The average Bonchev–Trinajstić information content (AvgIpc) is 2.19. The number of hydrogen-bond donors (Lipinski definition) is 1. The van der Waals surface area contributed by atoms with Crippen LogP contribution in [0.25, 0.3) is 0 Å². The van der Waals surface area contributed by atoms with Gasteiger partial charge in [0, 0.05) is 21.8 Å². The zero-order valence-electron chi connectivity index (χ0n) is 10.4. The van der Waals surface area contributed by atoms with Crippen LogP contribution < -0.4 is 5.32 Å². The lowest BCUT2D eigenvalue weighted by Crippen LogP contribution is -2.38. The van der Waals surface area contributed by atoms with Gasteiger partial charge in [-0.15, -0.1) is 0 Å². The number of hydrogen-bond acceptors (Lipinski definition) is 1. The third-order valence-corrected chi connectivity index (χ3v) is 4.15. The van der Waals surface area contributed by atoms with Gasteiger partial charge in [-0.1, -0.05) is 49.9 Å². The van der Waals surface area contributed by atoms with E-state index < -0.39 is 0 Å². The van der Waals surface area contributed by atoms with Gasteiger partial charge in [-0.3, -0.25) is 0 Å². The fraction of sp³-hybridized carbons (Fsp3) is 0.571. The van der Waals surface area contributed by atoms with Gasteiger partial charge in [-0.25, -0.2) is 0 Å². The van der Waals surface area contributed by atoms with Crippen molar-refractivity contribution >= 4 is 28.9 Å². The smallest absolute Gasteiger partial charge is 0.0441 e. The van der Waals surface area contributed by atoms with Crippen molar-refractivity contribution in [2.24, 2.45) is 5.41 Å². The van der Waals surface area contributed by atoms with Crippen LogP contribution in [0.15, 0.2) is 18.2 Å². The highest BCUT2D eigenvalue weighted by molar-refractivity contribution is 6.35. The zero-order chi connectivity index (χ0) is 12.5. The molecular weight excluding hydrogens is 253 g/mol. The minimum atomic E-state index is 0.340. The first-order valence-electron chi connectivity index (χ1n) is 6.20. The molecule has 1 aromatic carbocycles. The molecule has 1 N–H and O–H groups in total. The Kier molecular flexibility index (Phi) is 3.89. The lowest BCUT2D eigenvalue weighted by molar-refractivity contribution is 0.217. The van der Waals surface area contributed by atoms with Crippen LogP contribution in [0, 0.1) is 5.41 Å². The molecule has 1 aliphatic carbocycles. The van der Waals surface area contributed by atoms with E-state index in [-0.39, 0.29) is 0 Å². The Balaban J connectivity index is 2.14. The minimum absolute atomic E-state index is 0.340. The Bertz CT molecular complexity index is 381. The second-order valence-corrected chi connectivity index (χ2v) is 6.46. The van der Waals surface area contributed by atoms with E-state index in [0.717, 1.165) is 5.69 Å². The first-order valence-corrected chi connectivity index (χ1v) is 6.96. The van der Waals surface area contributed by atoms with E-state index in [2.05, 4.69) is 19.2 Å². The normalized spacial score (nSPS) is 23.4. The van der Waals surface area contributed by atoms with Crippen molar-refractivity contribution in [2.45, 2.75) is 45.6 Å². The van der Waals surface area contributed by atoms with Crippen molar-refractivity contribution in [3.05, 3.63) is 28.2 Å². The maximum Gasteiger partial charge on any atom is 0.0441 e. The van der Waals surface area contributed by atoms with Crippen LogP contribution >= 0.6 is 23.2 Å². The Morgan fingerprint density at radius 2 is 1.76 bits per heavy atom. The van der Waals surface area contributed by atoms with Gasteiger partial charge in [-0.2, -0.15) is 0 Å². The van der Waals surface area contributed by atoms with E-state index in [1.807, 2.05) is 12.1 Å². The van der Waals surface area contributed by atoms with Gasteiger partial charge < -0.3 is 5.32 Å². The molecule has 0 radical (unpaired) electrons. The Morgan fingerprint density at radius 1 is 1.12 bits per heavy atom. The van der Waals surface area contributed by atoms with E-state index in [0.29, 0.717) is 21.5 Å². The van der Waals surface area contributed by atoms with Crippen LogP contribution in [0.1, 0.15) is 39.5 Å². The average molecular weight is 272 g/mol. The first-order chi connectivity index (χ1) is 7.97. The predicted octanol–water partition coefficient (Wildman–Crippen LogP) is 5.37. The maximum atomic E-state index is 6.01. The number of anilines is 1. The molecule has 1 nitrogen and oxygen atoms in total. The molecule has 17 heavy (non-hydrogen) atoms. The second kappa shape index (κ2) is 5.07. The van der Waals surface area contributed by atoms with Crippen molar-refractivity contribution in [2.75, 3.05) is 5.32 Å². The summed E-state index contributed by atoms with van der Waals surface area (Å²) in [6, 6.07) is 6.15. The van der Waals surface area contributed by atoms with Gasteiger partial charge in [-0.05, 0) is 36.5 Å². The van der Waals surface area contributed by atoms with Crippen LogP contribution in [-0.2, 0) is 0 Å². The van der Waals surface area contributed by atoms with Gasteiger partial charge in [0.2, 0.25) is 0 Å². The SMILES string of the molecule is CC1(C)CCCCC1Nc1cc(Cl)cc(Cl)c1. The molecule has 1 unspecified atom stereocenters. The highest BCUT2D eigenvalue weighted by Crippen LogP contribution is 2.37. The summed E-state index contributed by atoms with van der Waals surface area (Å²) in [5, 5.41) is 4.96. The molecule has 1 saturated carbocycles. The van der Waals surface area contributed by atoms with E-state index >= 15 is 0 Å². The summed E-state index contributed by atoms with van der Waals surface area (Å²) in [6.45, 7) is 4.66. The van der Waals surface area contributed by atoms with Gasteiger partial charge in [0.25, 0.3) is 0 Å². The number of halogens is 2. The van der Waals surface area contributed by atoms with E-state index in [4.69, 9.17) is 23.2 Å². The summed E-state index contributed by atoms with van der Waals surface area (Å²) < 4.78 is 0. The van der Waals surface area contributed by atoms with Crippen molar-refractivity contribution in [1.82, 2.24) is 0 Å². The van der Waals surface area contributed by atoms with Gasteiger partial charge in [0.15, 0.2) is 0 Å². The summed E-state index contributed by atoms with van der Waals surface area (Å²) >= 11 is 12.0. The molecule has 2 rings (SSSR count). The molecule has 3 heteroatoms. The fourth-order valence-electron chi connectivity index (χ4n) is 2.60. The summed E-state index contributed by atoms with van der Waals surface area (Å²) in [7, 11) is 0. The molecule has 1 aliphatic rings. The maximum absolute atomic E-state index is 6.01. The highest BCUT2D eigenvalue weighted by Gasteiger charge is 2.31. The van der Waals surface area contributed by atoms with Crippen LogP contribution in [0.2, 0.25) is 10.0 Å². The molecule has 1 fully saturated rings. The summed E-state index contributed by atoms with van der Waals surface area (Å²) in [5.41, 5.74) is 1.37. The van der Waals surface area contributed by atoms with Crippen molar-refractivity contribution < 1.29 is 0 Å². The second-order valence-electron chi connectivity index (χ2n) is 5.59. The molecule has 0 saturated heterocycles. The lowest BCUT2D eigenvalue weighted by atomic mass is 9.73. The minimum Gasteiger partial charge on any atom is -0.382 e. The first kappa shape index (κ1) is 13.0. The molecule has 0 aliphatic heterocycles. The van der Waals surface area contributed by atoms with Crippen molar-refractivity contribution in [3.8, 4) is 0 Å². The van der Waals surface area contributed by atoms with E-state index in [1.54, 1.807) is 6.07 Å². The molecular formula is C14H19Cl2N. The van der Waals surface area contributed by atoms with Gasteiger partial charge in [0.1, 0.15) is 0 Å². The van der Waals surface area contributed by atoms with Crippen LogP contribution in [0.3, 0.4) is 0 Å². The zero-order valence-corrected chi connectivity index (χ0v) is 11.9. The highest BCUT2D eigenvalue weighted by atomic mass is 35.5. The van der Waals surface area contributed by atoms with E-state index in [1.165, 1.54) is 25.7 Å². The van der Waals surface area contributed by atoms with Gasteiger partial charge >= 0.3 is 0 Å². The molecule has 0 aromatic heterocycles. The van der Waals surface area contributed by atoms with Crippen LogP contribution in [0.4, 0.5) is 5.69 Å². The lowest BCUT2D eigenvalue weighted by Gasteiger charge is -2.39. The number of nitrogens with one attached hydrogen (secondary N) is 1. The number of rotatable bonds is 2. The van der Waals surface area contributed by atoms with Crippen LogP contribution in [-0.4, -0.2) is 6.04 Å². The molecule has 94 valence electrons. The molecule has 1 aromatic rings. The van der Waals surface area contributed by atoms with Gasteiger partial charge in [0.05, 0.1) is 0 Å². The summed E-state index contributed by atoms with van der Waals surface area (Å²) in [6.07, 6.45) is 5.13. The largest absolute Gasteiger partial charge is 0.382 e. The quantitative estimate of drug-likeness (QED) is 0.762. The predicted molar refractivity (Wildman–Crippen MR) is 76.1 cm³/mol. The van der Waals surface area contributed by atoms with E-state index in [9.17, 15) is 0 Å². The molecule has 1 atom stereocenters. The van der Waals surface area contributed by atoms with Crippen molar-refractivity contribution in [1.29, 1.82) is 0 Å². The summed E-state index contributed by atoms with van der Waals surface area (Å²) in [4.78, 5) is 0. The molecule has 0 heterocycles. The molecule has 0 amide bonds. The van der Waals surface area contributed by atoms with Crippen LogP contribution in [0.5, 0.6) is 0 Å². The molecule has 0 bridgehead atoms. The Morgan fingerprint density at radius 3 is 2.35 bits per heavy atom. The molecule has 0 spiro atoms. The monoisotopic (exact) mass is 271 g/mol. The standard InChI is InChI=1S/C14H19Cl2N/c1-14(2)6-4-3-5-13(14)17-12-8-10(15)7-11(16)9-12/h7-9,13,17H,3-6H2,1-2H3. The Labute approximate surface area is 114 Å².